The average Bonchev–Trinajstić information content (AvgIpc) is 2.73. The molecule has 17 heavy (non-hydrogen) atoms. The first kappa shape index (κ1) is 13.5. The topological polar surface area (TPSA) is 59.7 Å². The number of esters is 1. The first-order valence-electron chi connectivity index (χ1n) is 5.59. The second-order valence-corrected chi connectivity index (χ2v) is 3.91. The van der Waals surface area contributed by atoms with Crippen LogP contribution in [0, 0.1) is 5.92 Å². The minimum Gasteiger partial charge on any atom is -0.468 e. The highest BCUT2D eigenvalue weighted by molar-refractivity contribution is 5.90. The zero-order chi connectivity index (χ0) is 12.8. The smallest absolute Gasteiger partial charge is 0.341 e. The van der Waals surface area contributed by atoms with E-state index in [4.69, 9.17) is 9.15 Å². The van der Waals surface area contributed by atoms with Crippen LogP contribution in [-0.4, -0.2) is 24.3 Å². The Labute approximate surface area is 101 Å². The number of furan rings is 1. The van der Waals surface area contributed by atoms with E-state index < -0.39 is 5.97 Å². The van der Waals surface area contributed by atoms with Crippen LogP contribution in [0.3, 0.4) is 0 Å². The number of carbonyl (C=O) groups is 1. The molecular weight excluding hydrogens is 220 g/mol. The van der Waals surface area contributed by atoms with Gasteiger partial charge >= 0.3 is 5.97 Å². The molecule has 0 aromatic carbocycles. The Kier molecular flexibility index (Phi) is 4.97. The highest BCUT2D eigenvalue weighted by atomic mass is 16.5. The fraction of sp³-hybridized carbons (Fsp3) is 0.462. The van der Waals surface area contributed by atoms with Crippen molar-refractivity contribution in [1.82, 2.24) is 0 Å². The Bertz CT molecular complexity index is 392. The fourth-order valence-corrected chi connectivity index (χ4v) is 1.51. The molecule has 4 heteroatoms. The van der Waals surface area contributed by atoms with Gasteiger partial charge in [-0.1, -0.05) is 12.2 Å². The highest BCUT2D eigenvalue weighted by Crippen LogP contribution is 2.20. The maximum atomic E-state index is 11.6. The number of hydrogen-bond donors (Lipinski definition) is 1. The van der Waals surface area contributed by atoms with Gasteiger partial charge in [0.1, 0.15) is 11.3 Å². The van der Waals surface area contributed by atoms with Crippen LogP contribution in [0.4, 0.5) is 0 Å². The molecule has 94 valence electrons. The third kappa shape index (κ3) is 3.46. The molecule has 0 saturated carbocycles. The van der Waals surface area contributed by atoms with Gasteiger partial charge in [-0.2, -0.15) is 0 Å². The molecular formula is C13H18O4. The standard InChI is InChI=1S/C13H18O4/c1-4-16-13(15)11-5-6-17-12(11)7-10(8-14)9(2)3/h5-6,10,14H,2,4,7-8H2,1,3H3/t10-/m1/s1. The van der Waals surface area contributed by atoms with Crippen molar-refractivity contribution in [3.8, 4) is 0 Å². The predicted molar refractivity (Wildman–Crippen MR) is 63.8 cm³/mol. The van der Waals surface area contributed by atoms with E-state index in [0.717, 1.165) is 5.57 Å². The fourth-order valence-electron chi connectivity index (χ4n) is 1.51. The Hall–Kier alpha value is -1.55. The monoisotopic (exact) mass is 238 g/mol. The van der Waals surface area contributed by atoms with Gasteiger partial charge in [0, 0.05) is 12.3 Å². The zero-order valence-electron chi connectivity index (χ0n) is 10.2. The first-order valence-corrected chi connectivity index (χ1v) is 5.59. The van der Waals surface area contributed by atoms with Crippen molar-refractivity contribution in [1.29, 1.82) is 0 Å². The zero-order valence-corrected chi connectivity index (χ0v) is 10.2. The summed E-state index contributed by atoms with van der Waals surface area (Å²) in [5.41, 5.74) is 1.28. The molecule has 0 amide bonds. The maximum absolute atomic E-state index is 11.6. The molecule has 0 bridgehead atoms. The van der Waals surface area contributed by atoms with Crippen LogP contribution in [0.1, 0.15) is 30.0 Å². The molecule has 1 aromatic heterocycles. The normalized spacial score (nSPS) is 12.2. The summed E-state index contributed by atoms with van der Waals surface area (Å²) in [6.45, 7) is 7.70. The summed E-state index contributed by atoms with van der Waals surface area (Å²) >= 11 is 0. The third-order valence-electron chi connectivity index (χ3n) is 2.59. The quantitative estimate of drug-likeness (QED) is 0.609. The lowest BCUT2D eigenvalue weighted by molar-refractivity contribution is 0.0523. The van der Waals surface area contributed by atoms with E-state index >= 15 is 0 Å². The summed E-state index contributed by atoms with van der Waals surface area (Å²) in [6, 6.07) is 1.58. The minimum absolute atomic E-state index is 0.0156. The third-order valence-corrected chi connectivity index (χ3v) is 2.59. The largest absolute Gasteiger partial charge is 0.468 e. The van der Waals surface area contributed by atoms with Crippen LogP contribution in [0.15, 0.2) is 28.9 Å². The van der Waals surface area contributed by atoms with Crippen molar-refractivity contribution in [2.75, 3.05) is 13.2 Å². The van der Waals surface area contributed by atoms with Crippen LogP contribution >= 0.6 is 0 Å². The number of aliphatic hydroxyl groups excluding tert-OH is 1. The second-order valence-electron chi connectivity index (χ2n) is 3.91. The van der Waals surface area contributed by atoms with Crippen molar-refractivity contribution >= 4 is 5.97 Å². The van der Waals surface area contributed by atoms with Crippen LogP contribution in [0.2, 0.25) is 0 Å². The average molecular weight is 238 g/mol. The van der Waals surface area contributed by atoms with E-state index in [0.29, 0.717) is 24.4 Å². The molecule has 4 nitrogen and oxygen atoms in total. The van der Waals surface area contributed by atoms with Crippen LogP contribution < -0.4 is 0 Å². The molecule has 1 N–H and O–H groups in total. The Morgan fingerprint density at radius 2 is 2.35 bits per heavy atom. The van der Waals surface area contributed by atoms with Crippen molar-refractivity contribution in [2.45, 2.75) is 20.3 Å². The van der Waals surface area contributed by atoms with Gasteiger partial charge in [-0.25, -0.2) is 4.79 Å². The van der Waals surface area contributed by atoms with Gasteiger partial charge in [-0.15, -0.1) is 0 Å². The van der Waals surface area contributed by atoms with Gasteiger partial charge < -0.3 is 14.3 Å². The molecule has 0 saturated heterocycles. The molecule has 0 aliphatic carbocycles. The number of ether oxygens (including phenoxy) is 1. The van der Waals surface area contributed by atoms with Gasteiger partial charge in [0.25, 0.3) is 0 Å². The van der Waals surface area contributed by atoms with Crippen molar-refractivity contribution < 1.29 is 19.1 Å². The summed E-state index contributed by atoms with van der Waals surface area (Å²) in [5, 5.41) is 9.21. The number of carbonyl (C=O) groups excluding carboxylic acids is 1. The van der Waals surface area contributed by atoms with E-state index in [1.54, 1.807) is 13.0 Å². The van der Waals surface area contributed by atoms with E-state index in [2.05, 4.69) is 6.58 Å². The number of rotatable bonds is 6. The van der Waals surface area contributed by atoms with E-state index in [1.165, 1.54) is 6.26 Å². The first-order chi connectivity index (χ1) is 8.10. The summed E-state index contributed by atoms with van der Waals surface area (Å²) < 4.78 is 10.2. The Morgan fingerprint density at radius 3 is 2.88 bits per heavy atom. The van der Waals surface area contributed by atoms with Crippen molar-refractivity contribution in [3.63, 3.8) is 0 Å². The highest BCUT2D eigenvalue weighted by Gasteiger charge is 2.19. The second kappa shape index (κ2) is 6.25. The van der Waals surface area contributed by atoms with Crippen molar-refractivity contribution in [2.24, 2.45) is 5.92 Å². The van der Waals surface area contributed by atoms with Gasteiger partial charge in [0.2, 0.25) is 0 Å². The van der Waals surface area contributed by atoms with Crippen LogP contribution in [0.25, 0.3) is 0 Å². The summed E-state index contributed by atoms with van der Waals surface area (Å²) in [7, 11) is 0. The SMILES string of the molecule is C=C(C)[C@@H](CO)Cc1occc1C(=O)OCC. The lowest BCUT2D eigenvalue weighted by Crippen LogP contribution is -2.13. The molecule has 0 aliphatic rings. The van der Waals surface area contributed by atoms with Gasteiger partial charge in [0.05, 0.1) is 19.5 Å². The van der Waals surface area contributed by atoms with E-state index in [-0.39, 0.29) is 12.5 Å². The molecule has 0 spiro atoms. The van der Waals surface area contributed by atoms with E-state index in [9.17, 15) is 9.90 Å². The van der Waals surface area contributed by atoms with Gasteiger partial charge in [-0.3, -0.25) is 0 Å². The molecule has 1 rings (SSSR count). The Balaban J connectivity index is 2.81. The summed E-state index contributed by atoms with van der Waals surface area (Å²) in [6.07, 6.45) is 1.90. The van der Waals surface area contributed by atoms with Crippen molar-refractivity contribution in [3.05, 3.63) is 35.8 Å². The van der Waals surface area contributed by atoms with Gasteiger partial charge in [0.15, 0.2) is 0 Å². The molecule has 1 aromatic rings. The molecule has 1 atom stereocenters. The van der Waals surface area contributed by atoms with Crippen LogP contribution in [0.5, 0.6) is 0 Å². The van der Waals surface area contributed by atoms with E-state index in [1.807, 2.05) is 6.92 Å². The molecule has 1 heterocycles. The minimum atomic E-state index is -0.394. The maximum Gasteiger partial charge on any atom is 0.341 e. The number of aliphatic hydroxyl groups is 1. The molecule has 0 unspecified atom stereocenters. The van der Waals surface area contributed by atoms with Gasteiger partial charge in [-0.05, 0) is 19.9 Å². The summed E-state index contributed by atoms with van der Waals surface area (Å²) in [4.78, 5) is 11.6. The molecule has 0 fully saturated rings. The number of hydrogen-bond acceptors (Lipinski definition) is 4. The Morgan fingerprint density at radius 1 is 1.65 bits per heavy atom. The molecule has 0 aliphatic heterocycles. The lowest BCUT2D eigenvalue weighted by atomic mass is 9.96. The summed E-state index contributed by atoms with van der Waals surface area (Å²) in [5.74, 6) is 0.0366. The lowest BCUT2D eigenvalue weighted by Gasteiger charge is -2.12. The predicted octanol–water partition coefficient (Wildman–Crippen LogP) is 2.18. The molecule has 0 radical (unpaired) electrons. The van der Waals surface area contributed by atoms with Crippen LogP contribution in [-0.2, 0) is 11.2 Å².